The molecule has 106 valence electrons. The van der Waals surface area contributed by atoms with Crippen LogP contribution in [-0.2, 0) is 0 Å². The summed E-state index contributed by atoms with van der Waals surface area (Å²) in [5.41, 5.74) is -0.0260. The van der Waals surface area contributed by atoms with Gasteiger partial charge in [-0.2, -0.15) is 0 Å². The van der Waals surface area contributed by atoms with Crippen LogP contribution in [-0.4, -0.2) is 18.7 Å². The van der Waals surface area contributed by atoms with Crippen LogP contribution in [0.3, 0.4) is 0 Å². The van der Waals surface area contributed by atoms with Gasteiger partial charge in [-0.1, -0.05) is 13.8 Å². The SMILES string of the molecule is CC(C)CNCCC1(Oc2ccc(F)cc2)CCC1. The topological polar surface area (TPSA) is 21.3 Å². The molecule has 3 heteroatoms. The Hall–Kier alpha value is -1.09. The highest BCUT2D eigenvalue weighted by Gasteiger charge is 2.38. The molecule has 0 unspecified atom stereocenters. The van der Waals surface area contributed by atoms with Gasteiger partial charge in [0.05, 0.1) is 0 Å². The first-order valence-corrected chi connectivity index (χ1v) is 7.25. The molecule has 1 aliphatic rings. The Morgan fingerprint density at radius 2 is 1.95 bits per heavy atom. The number of halogens is 1. The van der Waals surface area contributed by atoms with Crippen LogP contribution in [0.25, 0.3) is 0 Å². The molecule has 0 bridgehead atoms. The van der Waals surface area contributed by atoms with E-state index >= 15 is 0 Å². The van der Waals surface area contributed by atoms with Crippen LogP contribution in [0.5, 0.6) is 5.75 Å². The van der Waals surface area contributed by atoms with Gasteiger partial charge in [0.15, 0.2) is 0 Å². The van der Waals surface area contributed by atoms with E-state index in [1.54, 1.807) is 12.1 Å². The number of nitrogens with one attached hydrogen (secondary N) is 1. The van der Waals surface area contributed by atoms with Crippen molar-refractivity contribution in [2.45, 2.75) is 45.1 Å². The van der Waals surface area contributed by atoms with Crippen LogP contribution in [0.4, 0.5) is 4.39 Å². The van der Waals surface area contributed by atoms with E-state index in [-0.39, 0.29) is 11.4 Å². The summed E-state index contributed by atoms with van der Waals surface area (Å²) in [6.45, 7) is 6.45. The Kier molecular flexibility index (Phi) is 4.81. The lowest BCUT2D eigenvalue weighted by Gasteiger charge is -2.42. The molecule has 1 fully saturated rings. The number of hydrogen-bond acceptors (Lipinski definition) is 2. The minimum Gasteiger partial charge on any atom is -0.487 e. The number of ether oxygens (including phenoxy) is 1. The van der Waals surface area contributed by atoms with Gasteiger partial charge in [-0.05, 0) is 69.0 Å². The summed E-state index contributed by atoms with van der Waals surface area (Å²) in [5.74, 6) is 1.24. The van der Waals surface area contributed by atoms with Crippen LogP contribution in [0.15, 0.2) is 24.3 Å². The first kappa shape index (κ1) is 14.3. The molecule has 0 spiro atoms. The van der Waals surface area contributed by atoms with E-state index in [1.807, 2.05) is 0 Å². The Bertz CT molecular complexity index is 384. The van der Waals surface area contributed by atoms with E-state index in [0.717, 1.165) is 38.1 Å². The van der Waals surface area contributed by atoms with E-state index in [1.165, 1.54) is 18.6 Å². The van der Waals surface area contributed by atoms with E-state index in [0.29, 0.717) is 5.92 Å². The first-order chi connectivity index (χ1) is 9.10. The minimum absolute atomic E-state index is 0.0260. The van der Waals surface area contributed by atoms with Gasteiger partial charge in [-0.15, -0.1) is 0 Å². The van der Waals surface area contributed by atoms with Crippen molar-refractivity contribution in [2.75, 3.05) is 13.1 Å². The zero-order valence-electron chi connectivity index (χ0n) is 11.9. The molecule has 0 radical (unpaired) electrons. The lowest BCUT2D eigenvalue weighted by atomic mass is 9.77. The van der Waals surface area contributed by atoms with Crippen molar-refractivity contribution in [3.63, 3.8) is 0 Å². The summed E-state index contributed by atoms with van der Waals surface area (Å²) in [6.07, 6.45) is 4.46. The Morgan fingerprint density at radius 1 is 1.26 bits per heavy atom. The molecule has 0 aliphatic heterocycles. The van der Waals surface area contributed by atoms with Crippen molar-refractivity contribution in [3.8, 4) is 5.75 Å². The molecular weight excluding hydrogens is 241 g/mol. The number of hydrogen-bond donors (Lipinski definition) is 1. The van der Waals surface area contributed by atoms with Gasteiger partial charge in [-0.25, -0.2) is 4.39 Å². The second-order valence-corrected chi connectivity index (χ2v) is 5.94. The first-order valence-electron chi connectivity index (χ1n) is 7.25. The molecule has 0 amide bonds. The van der Waals surface area contributed by atoms with Crippen LogP contribution < -0.4 is 10.1 Å². The minimum atomic E-state index is -0.214. The van der Waals surface area contributed by atoms with E-state index < -0.39 is 0 Å². The maximum Gasteiger partial charge on any atom is 0.123 e. The van der Waals surface area contributed by atoms with E-state index in [9.17, 15) is 4.39 Å². The maximum atomic E-state index is 12.9. The zero-order chi connectivity index (χ0) is 13.7. The van der Waals surface area contributed by atoms with Gasteiger partial charge in [0.25, 0.3) is 0 Å². The molecule has 2 nitrogen and oxygen atoms in total. The van der Waals surface area contributed by atoms with Gasteiger partial charge in [-0.3, -0.25) is 0 Å². The van der Waals surface area contributed by atoms with Crippen molar-refractivity contribution in [1.82, 2.24) is 5.32 Å². The Labute approximate surface area is 115 Å². The molecule has 1 aromatic carbocycles. The van der Waals surface area contributed by atoms with Crippen molar-refractivity contribution in [1.29, 1.82) is 0 Å². The van der Waals surface area contributed by atoms with Gasteiger partial charge in [0.1, 0.15) is 17.2 Å². The fourth-order valence-electron chi connectivity index (χ4n) is 2.43. The molecule has 0 saturated heterocycles. The van der Waals surface area contributed by atoms with Crippen molar-refractivity contribution in [3.05, 3.63) is 30.1 Å². The highest BCUT2D eigenvalue weighted by Crippen LogP contribution is 2.39. The number of rotatable bonds is 7. The maximum absolute atomic E-state index is 12.9. The molecule has 1 aliphatic carbocycles. The molecular formula is C16H24FNO. The Morgan fingerprint density at radius 3 is 2.47 bits per heavy atom. The summed E-state index contributed by atoms with van der Waals surface area (Å²) in [6, 6.07) is 6.35. The van der Waals surface area contributed by atoms with Crippen molar-refractivity contribution < 1.29 is 9.13 Å². The third-order valence-electron chi connectivity index (χ3n) is 3.72. The second kappa shape index (κ2) is 6.38. The summed E-state index contributed by atoms with van der Waals surface area (Å²) in [7, 11) is 0. The third-order valence-corrected chi connectivity index (χ3v) is 3.72. The predicted molar refractivity (Wildman–Crippen MR) is 75.9 cm³/mol. The van der Waals surface area contributed by atoms with E-state index in [2.05, 4.69) is 19.2 Å². The summed E-state index contributed by atoms with van der Waals surface area (Å²) < 4.78 is 19.0. The lowest BCUT2D eigenvalue weighted by Crippen LogP contribution is -2.45. The molecule has 0 atom stereocenters. The largest absolute Gasteiger partial charge is 0.487 e. The van der Waals surface area contributed by atoms with Gasteiger partial charge >= 0.3 is 0 Å². The van der Waals surface area contributed by atoms with Gasteiger partial charge in [0.2, 0.25) is 0 Å². The standard InChI is InChI=1S/C16H24FNO/c1-13(2)12-18-11-10-16(8-3-9-16)19-15-6-4-14(17)5-7-15/h4-7,13,18H,3,8-12H2,1-2H3. The third kappa shape index (κ3) is 4.20. The predicted octanol–water partition coefficient (Wildman–Crippen LogP) is 3.76. The average molecular weight is 265 g/mol. The molecule has 1 saturated carbocycles. The molecule has 0 aromatic heterocycles. The normalized spacial score (nSPS) is 17.3. The van der Waals surface area contributed by atoms with Crippen LogP contribution in [0, 0.1) is 11.7 Å². The summed E-state index contributed by atoms with van der Waals surface area (Å²) >= 11 is 0. The molecule has 2 rings (SSSR count). The highest BCUT2D eigenvalue weighted by atomic mass is 19.1. The monoisotopic (exact) mass is 265 g/mol. The van der Waals surface area contributed by atoms with E-state index in [4.69, 9.17) is 4.74 Å². The molecule has 0 heterocycles. The second-order valence-electron chi connectivity index (χ2n) is 5.94. The molecule has 1 N–H and O–H groups in total. The van der Waals surface area contributed by atoms with Crippen molar-refractivity contribution in [2.24, 2.45) is 5.92 Å². The van der Waals surface area contributed by atoms with Crippen LogP contribution in [0.1, 0.15) is 39.5 Å². The molecule has 19 heavy (non-hydrogen) atoms. The Balaban J connectivity index is 1.82. The highest BCUT2D eigenvalue weighted by molar-refractivity contribution is 5.23. The van der Waals surface area contributed by atoms with Crippen LogP contribution in [0.2, 0.25) is 0 Å². The molecule has 1 aromatic rings. The average Bonchev–Trinajstić information content (AvgIpc) is 2.33. The summed E-state index contributed by atoms with van der Waals surface area (Å²) in [5, 5.41) is 3.46. The van der Waals surface area contributed by atoms with Crippen LogP contribution >= 0.6 is 0 Å². The quantitative estimate of drug-likeness (QED) is 0.758. The van der Waals surface area contributed by atoms with Crippen molar-refractivity contribution >= 4 is 0 Å². The number of benzene rings is 1. The smallest absolute Gasteiger partial charge is 0.123 e. The zero-order valence-corrected chi connectivity index (χ0v) is 11.9. The summed E-state index contributed by atoms with van der Waals surface area (Å²) in [4.78, 5) is 0. The lowest BCUT2D eigenvalue weighted by molar-refractivity contribution is -0.0143. The van der Waals surface area contributed by atoms with Gasteiger partial charge in [0, 0.05) is 0 Å². The van der Waals surface area contributed by atoms with Gasteiger partial charge < -0.3 is 10.1 Å². The fraction of sp³-hybridized carbons (Fsp3) is 0.625. The fourth-order valence-corrected chi connectivity index (χ4v) is 2.43.